The number of fused-ring (bicyclic) bond motifs is 1. The number of nitrogens with one attached hydrogen (secondary N) is 1. The van der Waals surface area contributed by atoms with E-state index in [-0.39, 0.29) is 0 Å². The molecule has 0 radical (unpaired) electrons. The van der Waals surface area contributed by atoms with Gasteiger partial charge < -0.3 is 4.57 Å². The summed E-state index contributed by atoms with van der Waals surface area (Å²) in [6.45, 7) is 5.04. The maximum absolute atomic E-state index is 11.6. The maximum atomic E-state index is 11.6. The van der Waals surface area contributed by atoms with Crippen molar-refractivity contribution in [1.29, 1.82) is 5.26 Å². The number of sulfonamides is 1. The number of hydrogen-bond donors (Lipinski definition) is 1. The second kappa shape index (κ2) is 7.45. The van der Waals surface area contributed by atoms with Crippen molar-refractivity contribution >= 4 is 26.6 Å². The Morgan fingerprint density at radius 3 is 2.37 bits per heavy atom. The molecule has 2 aromatic carbocycles. The van der Waals surface area contributed by atoms with Gasteiger partial charge in [0.15, 0.2) is 0 Å². The van der Waals surface area contributed by atoms with Crippen LogP contribution in [0.3, 0.4) is 0 Å². The highest BCUT2D eigenvalue weighted by molar-refractivity contribution is 7.92. The van der Waals surface area contributed by atoms with E-state index in [4.69, 9.17) is 5.26 Å². The zero-order chi connectivity index (χ0) is 19.6. The minimum atomic E-state index is -3.33. The summed E-state index contributed by atoms with van der Waals surface area (Å²) in [5.74, 6) is 0. The van der Waals surface area contributed by atoms with E-state index >= 15 is 0 Å². The van der Waals surface area contributed by atoms with E-state index in [1.807, 2.05) is 36.4 Å². The molecule has 3 aromatic rings. The highest BCUT2D eigenvalue weighted by Crippen LogP contribution is 2.37. The maximum Gasteiger partial charge on any atom is 0.229 e. The Morgan fingerprint density at radius 2 is 1.81 bits per heavy atom. The van der Waals surface area contributed by atoms with Crippen molar-refractivity contribution in [2.45, 2.75) is 33.2 Å². The first kappa shape index (κ1) is 19.0. The molecule has 0 fully saturated rings. The summed E-state index contributed by atoms with van der Waals surface area (Å²) < 4.78 is 28.0. The van der Waals surface area contributed by atoms with Crippen LogP contribution >= 0.6 is 0 Å². The summed E-state index contributed by atoms with van der Waals surface area (Å²) in [7, 11) is -3.33. The topological polar surface area (TPSA) is 74.9 Å². The predicted octanol–water partition coefficient (Wildman–Crippen LogP) is 4.52. The highest BCUT2D eigenvalue weighted by atomic mass is 32.2. The molecule has 0 spiro atoms. The molecule has 6 heteroatoms. The molecule has 5 nitrogen and oxygen atoms in total. The smallest absolute Gasteiger partial charge is 0.229 e. The number of aromatic nitrogens is 1. The highest BCUT2D eigenvalue weighted by Gasteiger charge is 2.18. The average molecular weight is 382 g/mol. The van der Waals surface area contributed by atoms with Gasteiger partial charge in [-0.1, -0.05) is 31.5 Å². The van der Waals surface area contributed by atoms with Crippen molar-refractivity contribution in [3.05, 3.63) is 53.7 Å². The standard InChI is InChI=1S/C21H23N3O2S/c1-4-6-19-21(16-9-7-15(14-22)8-10-16)18-12-11-17(23-27(3,25)26)13-20(18)24(19)5-2/h7-13,23H,4-6H2,1-3H3. The minimum absolute atomic E-state index is 0.562. The summed E-state index contributed by atoms with van der Waals surface area (Å²) in [5.41, 5.74) is 5.66. The van der Waals surface area contributed by atoms with Crippen LogP contribution in [0.25, 0.3) is 22.0 Å². The second-order valence-corrected chi connectivity index (χ2v) is 8.36. The number of rotatable bonds is 6. The monoisotopic (exact) mass is 381 g/mol. The van der Waals surface area contributed by atoms with E-state index in [0.717, 1.165) is 47.7 Å². The zero-order valence-electron chi connectivity index (χ0n) is 15.8. The van der Waals surface area contributed by atoms with Gasteiger partial charge in [-0.2, -0.15) is 5.26 Å². The molecular formula is C21H23N3O2S. The van der Waals surface area contributed by atoms with Crippen molar-refractivity contribution in [1.82, 2.24) is 4.57 Å². The SMILES string of the molecule is CCCc1c(-c2ccc(C#N)cc2)c2ccc(NS(C)(=O)=O)cc2n1CC. The van der Waals surface area contributed by atoms with E-state index in [1.165, 1.54) is 5.69 Å². The van der Waals surface area contributed by atoms with Crippen LogP contribution in [0.15, 0.2) is 42.5 Å². The fraction of sp³-hybridized carbons (Fsp3) is 0.286. The number of hydrogen-bond acceptors (Lipinski definition) is 3. The molecule has 0 atom stereocenters. The predicted molar refractivity (Wildman–Crippen MR) is 110 cm³/mol. The fourth-order valence-corrected chi connectivity index (χ4v) is 4.13. The molecule has 0 aliphatic heterocycles. The Kier molecular flexibility index (Phi) is 5.24. The minimum Gasteiger partial charge on any atom is -0.344 e. The Labute approximate surface area is 160 Å². The van der Waals surface area contributed by atoms with Gasteiger partial charge in [0.1, 0.15) is 0 Å². The molecule has 0 saturated carbocycles. The molecule has 0 saturated heterocycles. The lowest BCUT2D eigenvalue weighted by Gasteiger charge is -2.10. The zero-order valence-corrected chi connectivity index (χ0v) is 16.6. The molecule has 0 bridgehead atoms. The number of benzene rings is 2. The van der Waals surface area contributed by atoms with E-state index in [1.54, 1.807) is 6.07 Å². The molecule has 0 unspecified atom stereocenters. The molecule has 1 N–H and O–H groups in total. The number of nitriles is 1. The van der Waals surface area contributed by atoms with Crippen LogP contribution in [0.5, 0.6) is 0 Å². The van der Waals surface area contributed by atoms with Crippen molar-refractivity contribution in [2.24, 2.45) is 0 Å². The van der Waals surface area contributed by atoms with Crippen molar-refractivity contribution in [3.63, 3.8) is 0 Å². The molecule has 1 aromatic heterocycles. The molecule has 0 aliphatic carbocycles. The lowest BCUT2D eigenvalue weighted by molar-refractivity contribution is 0.607. The van der Waals surface area contributed by atoms with Crippen LogP contribution < -0.4 is 4.72 Å². The fourth-order valence-electron chi connectivity index (χ4n) is 3.57. The normalized spacial score (nSPS) is 11.5. The van der Waals surface area contributed by atoms with Gasteiger partial charge in [0.2, 0.25) is 10.0 Å². The van der Waals surface area contributed by atoms with Gasteiger partial charge in [-0.05, 0) is 43.2 Å². The van der Waals surface area contributed by atoms with Crippen LogP contribution in [0.1, 0.15) is 31.5 Å². The first-order valence-corrected chi connectivity index (χ1v) is 10.9. The summed E-state index contributed by atoms with van der Waals surface area (Å²) >= 11 is 0. The van der Waals surface area contributed by atoms with E-state index in [9.17, 15) is 8.42 Å². The first-order valence-electron chi connectivity index (χ1n) is 9.01. The molecule has 0 amide bonds. The van der Waals surface area contributed by atoms with Gasteiger partial charge in [-0.25, -0.2) is 8.42 Å². The van der Waals surface area contributed by atoms with Crippen LogP contribution in [0.4, 0.5) is 5.69 Å². The third kappa shape index (κ3) is 3.83. The van der Waals surface area contributed by atoms with E-state index < -0.39 is 10.0 Å². The van der Waals surface area contributed by atoms with Crippen LogP contribution in [-0.4, -0.2) is 19.2 Å². The van der Waals surface area contributed by atoms with E-state index in [2.05, 4.69) is 29.2 Å². The number of anilines is 1. The van der Waals surface area contributed by atoms with Gasteiger partial charge in [0.25, 0.3) is 0 Å². The van der Waals surface area contributed by atoms with Crippen molar-refractivity contribution in [2.75, 3.05) is 11.0 Å². The molecule has 27 heavy (non-hydrogen) atoms. The number of nitrogens with zero attached hydrogens (tertiary/aromatic N) is 2. The van der Waals surface area contributed by atoms with Crippen LogP contribution in [0.2, 0.25) is 0 Å². The average Bonchev–Trinajstić information content (AvgIpc) is 2.93. The van der Waals surface area contributed by atoms with Gasteiger partial charge in [0, 0.05) is 23.2 Å². The van der Waals surface area contributed by atoms with Crippen molar-refractivity contribution in [3.8, 4) is 17.2 Å². The Balaban J connectivity index is 2.27. The van der Waals surface area contributed by atoms with E-state index in [0.29, 0.717) is 11.3 Å². The summed E-state index contributed by atoms with van der Waals surface area (Å²) in [6, 6.07) is 15.5. The third-order valence-corrected chi connectivity index (χ3v) is 5.19. The quantitative estimate of drug-likeness (QED) is 0.682. The molecule has 1 heterocycles. The first-order chi connectivity index (χ1) is 12.9. The number of aryl methyl sites for hydroxylation is 1. The Hall–Kier alpha value is -2.78. The van der Waals surface area contributed by atoms with Gasteiger partial charge in [-0.3, -0.25) is 4.72 Å². The lowest BCUT2D eigenvalue weighted by Crippen LogP contribution is -2.09. The molecule has 3 rings (SSSR count). The van der Waals surface area contributed by atoms with Gasteiger partial charge in [-0.15, -0.1) is 0 Å². The molecule has 0 aliphatic rings. The Morgan fingerprint density at radius 1 is 1.11 bits per heavy atom. The van der Waals surface area contributed by atoms with Crippen LogP contribution in [-0.2, 0) is 23.0 Å². The largest absolute Gasteiger partial charge is 0.344 e. The Bertz CT molecular complexity index is 1120. The third-order valence-electron chi connectivity index (χ3n) is 4.58. The second-order valence-electron chi connectivity index (χ2n) is 6.61. The van der Waals surface area contributed by atoms with Crippen molar-refractivity contribution < 1.29 is 8.42 Å². The van der Waals surface area contributed by atoms with Crippen LogP contribution in [0, 0.1) is 11.3 Å². The van der Waals surface area contributed by atoms with Gasteiger partial charge in [0.05, 0.1) is 29.1 Å². The molecular weight excluding hydrogens is 358 g/mol. The van der Waals surface area contributed by atoms with Gasteiger partial charge >= 0.3 is 0 Å². The summed E-state index contributed by atoms with van der Waals surface area (Å²) in [6.07, 6.45) is 3.08. The lowest BCUT2D eigenvalue weighted by atomic mass is 9.99. The summed E-state index contributed by atoms with van der Waals surface area (Å²) in [5, 5.41) is 10.2. The summed E-state index contributed by atoms with van der Waals surface area (Å²) in [4.78, 5) is 0. The molecule has 140 valence electrons.